The van der Waals surface area contributed by atoms with Crippen LogP contribution in [0.25, 0.3) is 5.52 Å². The number of fused-ring (bicyclic) bond motifs is 1. The van der Waals surface area contributed by atoms with E-state index < -0.39 is 0 Å². The Balaban J connectivity index is 2.19. The summed E-state index contributed by atoms with van der Waals surface area (Å²) in [5, 5.41) is 7.59. The lowest BCUT2D eigenvalue weighted by Gasteiger charge is -2.20. The van der Waals surface area contributed by atoms with Crippen LogP contribution in [0, 0.1) is 6.92 Å². The minimum Gasteiger partial charge on any atom is -0.311 e. The Morgan fingerprint density at radius 3 is 2.72 bits per heavy atom. The molecule has 0 radical (unpaired) electrons. The molecule has 1 N–H and O–H groups in total. The average Bonchev–Trinajstić information content (AvgIpc) is 2.62. The summed E-state index contributed by atoms with van der Waals surface area (Å²) in [4.78, 5) is 12.2. The third-order valence-corrected chi connectivity index (χ3v) is 2.73. The molecular weight excluding hydrogens is 228 g/mol. The molecule has 0 atom stereocenters. The monoisotopic (exact) mass is 248 g/mol. The van der Waals surface area contributed by atoms with Crippen molar-refractivity contribution in [2.24, 2.45) is 0 Å². The Kier molecular flexibility index (Phi) is 3.26. The van der Waals surface area contributed by atoms with E-state index in [2.05, 4.69) is 31.2 Å². The summed E-state index contributed by atoms with van der Waals surface area (Å²) in [5.74, 6) is 0. The molecule has 2 heterocycles. The van der Waals surface area contributed by atoms with E-state index in [0.717, 1.165) is 12.2 Å². The van der Waals surface area contributed by atoms with Crippen LogP contribution < -0.4 is 10.9 Å². The van der Waals surface area contributed by atoms with Gasteiger partial charge in [0.15, 0.2) is 0 Å². The molecule has 18 heavy (non-hydrogen) atoms. The number of hydrogen-bond acceptors (Lipinski definition) is 3. The third kappa shape index (κ3) is 2.79. The molecule has 0 spiro atoms. The van der Waals surface area contributed by atoms with Crippen LogP contribution in [0.1, 0.15) is 26.5 Å². The number of nitrogens with zero attached hydrogens (tertiary/aromatic N) is 3. The fraction of sp³-hybridized carbons (Fsp3) is 0.538. The predicted molar refractivity (Wildman–Crippen MR) is 71.9 cm³/mol. The number of nitrogens with one attached hydrogen (secondary N) is 1. The lowest BCUT2D eigenvalue weighted by atomic mass is 10.1. The van der Waals surface area contributed by atoms with Crippen molar-refractivity contribution < 1.29 is 0 Å². The van der Waals surface area contributed by atoms with E-state index in [1.165, 1.54) is 0 Å². The molecule has 5 nitrogen and oxygen atoms in total. The van der Waals surface area contributed by atoms with Gasteiger partial charge in [0.2, 0.25) is 0 Å². The molecule has 0 saturated heterocycles. The highest BCUT2D eigenvalue weighted by Gasteiger charge is 2.09. The summed E-state index contributed by atoms with van der Waals surface area (Å²) >= 11 is 0. The first kappa shape index (κ1) is 12.8. The van der Waals surface area contributed by atoms with Crippen LogP contribution in [0.5, 0.6) is 0 Å². The molecule has 0 bridgehead atoms. The smallest absolute Gasteiger partial charge is 0.276 e. The Labute approximate surface area is 106 Å². The largest absolute Gasteiger partial charge is 0.311 e. The number of rotatable bonds is 3. The molecule has 0 aliphatic rings. The molecule has 0 unspecified atom stereocenters. The van der Waals surface area contributed by atoms with Gasteiger partial charge in [0.1, 0.15) is 5.52 Å². The molecule has 2 aromatic heterocycles. The quantitative estimate of drug-likeness (QED) is 0.887. The summed E-state index contributed by atoms with van der Waals surface area (Å²) < 4.78 is 3.35. The molecule has 2 rings (SSSR count). The molecule has 0 aliphatic carbocycles. The first-order valence-corrected chi connectivity index (χ1v) is 6.17. The van der Waals surface area contributed by atoms with Crippen molar-refractivity contribution in [1.82, 2.24) is 19.5 Å². The van der Waals surface area contributed by atoms with Crippen LogP contribution in [0.2, 0.25) is 0 Å². The van der Waals surface area contributed by atoms with Gasteiger partial charge in [-0.05, 0) is 33.8 Å². The summed E-state index contributed by atoms with van der Waals surface area (Å²) in [6.45, 7) is 9.65. The SMILES string of the molecule is Cc1cc2c(=O)n(CCNC(C)(C)C)ccn2n1. The lowest BCUT2D eigenvalue weighted by Crippen LogP contribution is -2.39. The Hall–Kier alpha value is -1.62. The van der Waals surface area contributed by atoms with Crippen LogP contribution in [0.15, 0.2) is 23.3 Å². The van der Waals surface area contributed by atoms with Crippen LogP contribution in [-0.2, 0) is 6.54 Å². The van der Waals surface area contributed by atoms with E-state index >= 15 is 0 Å². The van der Waals surface area contributed by atoms with Gasteiger partial charge in [0, 0.05) is 31.0 Å². The van der Waals surface area contributed by atoms with Crippen molar-refractivity contribution in [3.8, 4) is 0 Å². The highest BCUT2D eigenvalue weighted by atomic mass is 16.1. The molecule has 98 valence electrons. The van der Waals surface area contributed by atoms with Gasteiger partial charge in [-0.2, -0.15) is 5.10 Å². The Morgan fingerprint density at radius 2 is 2.06 bits per heavy atom. The summed E-state index contributed by atoms with van der Waals surface area (Å²) in [7, 11) is 0. The zero-order valence-electron chi connectivity index (χ0n) is 11.4. The molecule has 0 aromatic carbocycles. The maximum atomic E-state index is 12.2. The van der Waals surface area contributed by atoms with Gasteiger partial charge in [-0.15, -0.1) is 0 Å². The fourth-order valence-corrected chi connectivity index (χ4v) is 1.88. The highest BCUT2D eigenvalue weighted by molar-refractivity contribution is 5.44. The predicted octanol–water partition coefficient (Wildman–Crippen LogP) is 1.19. The number of aromatic nitrogens is 3. The van der Waals surface area contributed by atoms with Crippen molar-refractivity contribution >= 4 is 5.52 Å². The second-order valence-corrected chi connectivity index (χ2v) is 5.59. The van der Waals surface area contributed by atoms with Crippen LogP contribution >= 0.6 is 0 Å². The standard InChI is InChI=1S/C13H20N4O/c1-10-9-11-12(18)16(7-8-17(11)15-10)6-5-14-13(2,3)4/h7-9,14H,5-6H2,1-4H3. The van der Waals surface area contributed by atoms with E-state index in [1.54, 1.807) is 15.3 Å². The first-order chi connectivity index (χ1) is 8.37. The van der Waals surface area contributed by atoms with E-state index in [4.69, 9.17) is 0 Å². The zero-order valence-corrected chi connectivity index (χ0v) is 11.4. The molecular formula is C13H20N4O. The van der Waals surface area contributed by atoms with Crippen molar-refractivity contribution in [3.63, 3.8) is 0 Å². The molecule has 0 amide bonds. The van der Waals surface area contributed by atoms with Gasteiger partial charge in [-0.25, -0.2) is 4.52 Å². The summed E-state index contributed by atoms with van der Waals surface area (Å²) in [5.41, 5.74) is 1.57. The molecule has 0 fully saturated rings. The normalized spacial score (nSPS) is 12.2. The maximum absolute atomic E-state index is 12.2. The van der Waals surface area contributed by atoms with Gasteiger partial charge in [0.25, 0.3) is 5.56 Å². The maximum Gasteiger partial charge on any atom is 0.276 e. The molecule has 2 aromatic rings. The fourth-order valence-electron chi connectivity index (χ4n) is 1.88. The van der Waals surface area contributed by atoms with Crippen LogP contribution in [0.3, 0.4) is 0 Å². The minimum absolute atomic E-state index is 0.00816. The average molecular weight is 248 g/mol. The number of hydrogen-bond donors (Lipinski definition) is 1. The van der Waals surface area contributed by atoms with Crippen LogP contribution in [-0.4, -0.2) is 26.3 Å². The van der Waals surface area contributed by atoms with Gasteiger partial charge < -0.3 is 9.88 Å². The summed E-state index contributed by atoms with van der Waals surface area (Å²) in [6.07, 6.45) is 3.60. The van der Waals surface area contributed by atoms with E-state index in [-0.39, 0.29) is 11.1 Å². The molecule has 0 aliphatic heterocycles. The van der Waals surface area contributed by atoms with Gasteiger partial charge >= 0.3 is 0 Å². The Bertz CT molecular complexity index is 603. The van der Waals surface area contributed by atoms with E-state index in [9.17, 15) is 4.79 Å². The van der Waals surface area contributed by atoms with Crippen LogP contribution in [0.4, 0.5) is 0 Å². The first-order valence-electron chi connectivity index (χ1n) is 6.17. The van der Waals surface area contributed by atoms with Gasteiger partial charge in [-0.3, -0.25) is 4.79 Å². The molecule has 0 saturated carbocycles. The second-order valence-electron chi connectivity index (χ2n) is 5.59. The highest BCUT2D eigenvalue weighted by Crippen LogP contribution is 2.00. The van der Waals surface area contributed by atoms with Gasteiger partial charge in [0.05, 0.1) is 5.69 Å². The van der Waals surface area contributed by atoms with Crippen molar-refractivity contribution in [3.05, 3.63) is 34.5 Å². The third-order valence-electron chi connectivity index (χ3n) is 2.73. The minimum atomic E-state index is 0.00816. The topological polar surface area (TPSA) is 51.3 Å². The van der Waals surface area contributed by atoms with Crippen molar-refractivity contribution in [1.29, 1.82) is 0 Å². The van der Waals surface area contributed by atoms with Crippen molar-refractivity contribution in [2.45, 2.75) is 39.8 Å². The van der Waals surface area contributed by atoms with E-state index in [1.807, 2.05) is 19.2 Å². The molecule has 5 heteroatoms. The zero-order chi connectivity index (χ0) is 13.3. The lowest BCUT2D eigenvalue weighted by molar-refractivity contribution is 0.410. The summed E-state index contributed by atoms with van der Waals surface area (Å²) in [6, 6.07) is 1.82. The van der Waals surface area contributed by atoms with Gasteiger partial charge in [-0.1, -0.05) is 0 Å². The van der Waals surface area contributed by atoms with E-state index in [0.29, 0.717) is 12.1 Å². The van der Waals surface area contributed by atoms with Crippen molar-refractivity contribution in [2.75, 3.05) is 6.54 Å². The Morgan fingerprint density at radius 1 is 1.33 bits per heavy atom. The second kappa shape index (κ2) is 4.57. The number of aryl methyl sites for hydroxylation is 1.